The number of nitrogens with zero attached hydrogens (tertiary/aromatic N) is 2. The molecule has 1 amide bonds. The van der Waals surface area contributed by atoms with Gasteiger partial charge in [-0.25, -0.2) is 0 Å². The molecular weight excluding hydrogens is 376 g/mol. The smallest absolute Gasteiger partial charge is 0.280 e. The van der Waals surface area contributed by atoms with Gasteiger partial charge in [-0.2, -0.15) is 10.1 Å². The maximum absolute atomic E-state index is 12.9. The number of amides is 1. The van der Waals surface area contributed by atoms with E-state index in [-0.39, 0.29) is 5.91 Å². The van der Waals surface area contributed by atoms with Crippen LogP contribution in [0.2, 0.25) is 0 Å². The highest BCUT2D eigenvalue weighted by Crippen LogP contribution is 2.31. The third kappa shape index (κ3) is 5.29. The molecule has 30 heavy (non-hydrogen) atoms. The number of benzene rings is 2. The van der Waals surface area contributed by atoms with Crippen LogP contribution in [0, 0.1) is 0 Å². The van der Waals surface area contributed by atoms with Crippen molar-refractivity contribution in [3.8, 4) is 11.5 Å². The van der Waals surface area contributed by atoms with Gasteiger partial charge in [0.15, 0.2) is 11.5 Å². The van der Waals surface area contributed by atoms with Gasteiger partial charge < -0.3 is 9.47 Å². The Morgan fingerprint density at radius 3 is 2.50 bits per heavy atom. The van der Waals surface area contributed by atoms with Crippen LogP contribution in [0.5, 0.6) is 11.5 Å². The molecule has 0 N–H and O–H groups in total. The number of hydrogen-bond donors (Lipinski definition) is 0. The number of hydrogen-bond acceptors (Lipinski definition) is 4. The minimum Gasteiger partial charge on any atom is -0.490 e. The van der Waals surface area contributed by atoms with Crippen molar-refractivity contribution in [2.45, 2.75) is 46.5 Å². The Bertz CT molecular complexity index is 919. The number of para-hydroxylation sites is 1. The quantitative estimate of drug-likeness (QED) is 0.367. The standard InChI is InChI=1S/C25H30N2O3/c1-4-6-7-11-16-30-23-15-14-20(18-24(23)29-5-2)17-22-19(3)26-27(25(22)28)21-12-9-8-10-13-21/h8-10,12-15,17-18H,4-7,11,16H2,1-3H3/b22-17-. The molecule has 158 valence electrons. The Balaban J connectivity index is 1.77. The number of rotatable bonds is 10. The average molecular weight is 407 g/mol. The molecule has 1 aliphatic rings. The van der Waals surface area contributed by atoms with E-state index in [1.165, 1.54) is 24.3 Å². The van der Waals surface area contributed by atoms with E-state index < -0.39 is 0 Å². The van der Waals surface area contributed by atoms with Crippen LogP contribution in [-0.2, 0) is 4.79 Å². The molecule has 1 aliphatic heterocycles. The molecule has 0 saturated heterocycles. The van der Waals surface area contributed by atoms with Gasteiger partial charge in [-0.3, -0.25) is 4.79 Å². The minimum atomic E-state index is -0.132. The summed E-state index contributed by atoms with van der Waals surface area (Å²) in [4.78, 5) is 12.9. The van der Waals surface area contributed by atoms with Crippen molar-refractivity contribution >= 4 is 23.4 Å². The largest absolute Gasteiger partial charge is 0.490 e. The van der Waals surface area contributed by atoms with Crippen LogP contribution >= 0.6 is 0 Å². The first-order valence-electron chi connectivity index (χ1n) is 10.7. The van der Waals surface area contributed by atoms with E-state index in [9.17, 15) is 4.79 Å². The molecular formula is C25H30N2O3. The van der Waals surface area contributed by atoms with Crippen LogP contribution in [-0.4, -0.2) is 24.8 Å². The van der Waals surface area contributed by atoms with Crippen molar-refractivity contribution in [3.63, 3.8) is 0 Å². The number of unbranched alkanes of at least 4 members (excludes halogenated alkanes) is 3. The molecule has 5 heteroatoms. The Morgan fingerprint density at radius 2 is 1.77 bits per heavy atom. The predicted molar refractivity (Wildman–Crippen MR) is 122 cm³/mol. The van der Waals surface area contributed by atoms with E-state index >= 15 is 0 Å². The summed E-state index contributed by atoms with van der Waals surface area (Å²) in [5.74, 6) is 1.31. The van der Waals surface area contributed by atoms with Gasteiger partial charge in [0.1, 0.15) is 0 Å². The lowest BCUT2D eigenvalue weighted by molar-refractivity contribution is -0.114. The summed E-state index contributed by atoms with van der Waals surface area (Å²) >= 11 is 0. The van der Waals surface area contributed by atoms with E-state index in [2.05, 4.69) is 12.0 Å². The molecule has 2 aromatic rings. The molecule has 5 nitrogen and oxygen atoms in total. The van der Waals surface area contributed by atoms with Gasteiger partial charge in [0.2, 0.25) is 0 Å². The van der Waals surface area contributed by atoms with Crippen molar-refractivity contribution in [2.75, 3.05) is 18.2 Å². The highest BCUT2D eigenvalue weighted by molar-refractivity contribution is 6.32. The topological polar surface area (TPSA) is 51.1 Å². The summed E-state index contributed by atoms with van der Waals surface area (Å²) in [7, 11) is 0. The predicted octanol–water partition coefficient (Wildman–Crippen LogP) is 5.85. The highest BCUT2D eigenvalue weighted by Gasteiger charge is 2.28. The van der Waals surface area contributed by atoms with Crippen molar-refractivity contribution in [2.24, 2.45) is 5.10 Å². The van der Waals surface area contributed by atoms with E-state index in [4.69, 9.17) is 9.47 Å². The zero-order valence-corrected chi connectivity index (χ0v) is 18.1. The van der Waals surface area contributed by atoms with Gasteiger partial charge >= 0.3 is 0 Å². The van der Waals surface area contributed by atoms with E-state index in [1.54, 1.807) is 0 Å². The monoisotopic (exact) mass is 406 g/mol. The molecule has 0 radical (unpaired) electrons. The normalized spacial score (nSPS) is 14.9. The third-order valence-electron chi connectivity index (χ3n) is 4.90. The Kier molecular flexibility index (Phi) is 7.66. The van der Waals surface area contributed by atoms with E-state index in [0.717, 1.165) is 23.4 Å². The van der Waals surface area contributed by atoms with E-state index in [1.807, 2.05) is 68.5 Å². The summed E-state index contributed by atoms with van der Waals surface area (Å²) in [5.41, 5.74) is 2.91. The second kappa shape index (κ2) is 10.6. The fraction of sp³-hybridized carbons (Fsp3) is 0.360. The van der Waals surface area contributed by atoms with Crippen molar-refractivity contribution in [3.05, 3.63) is 59.7 Å². The van der Waals surface area contributed by atoms with Gasteiger partial charge in [-0.05, 0) is 56.2 Å². The number of hydrazone groups is 1. The highest BCUT2D eigenvalue weighted by atomic mass is 16.5. The molecule has 0 spiro atoms. The average Bonchev–Trinajstić information content (AvgIpc) is 3.04. The molecule has 1 heterocycles. The fourth-order valence-corrected chi connectivity index (χ4v) is 3.31. The maximum Gasteiger partial charge on any atom is 0.280 e. The number of carbonyl (C=O) groups is 1. The Morgan fingerprint density at radius 1 is 0.967 bits per heavy atom. The van der Waals surface area contributed by atoms with Gasteiger partial charge in [-0.15, -0.1) is 0 Å². The van der Waals surface area contributed by atoms with Crippen LogP contribution < -0.4 is 14.5 Å². The molecule has 0 unspecified atom stereocenters. The van der Waals surface area contributed by atoms with Crippen molar-refractivity contribution < 1.29 is 14.3 Å². The maximum atomic E-state index is 12.9. The van der Waals surface area contributed by atoms with Crippen LogP contribution in [0.1, 0.15) is 52.0 Å². The molecule has 2 aromatic carbocycles. The van der Waals surface area contributed by atoms with Gasteiger partial charge in [0, 0.05) is 0 Å². The molecule has 0 atom stereocenters. The van der Waals surface area contributed by atoms with Crippen molar-refractivity contribution in [1.82, 2.24) is 0 Å². The first-order valence-corrected chi connectivity index (χ1v) is 10.7. The number of carbonyl (C=O) groups excluding carboxylic acids is 1. The zero-order chi connectivity index (χ0) is 21.3. The molecule has 0 saturated carbocycles. The third-order valence-corrected chi connectivity index (χ3v) is 4.90. The fourth-order valence-electron chi connectivity index (χ4n) is 3.31. The number of anilines is 1. The molecule has 0 bridgehead atoms. The minimum absolute atomic E-state index is 0.132. The van der Waals surface area contributed by atoms with Crippen molar-refractivity contribution in [1.29, 1.82) is 0 Å². The lowest BCUT2D eigenvalue weighted by Crippen LogP contribution is -2.21. The zero-order valence-electron chi connectivity index (χ0n) is 18.1. The summed E-state index contributed by atoms with van der Waals surface area (Å²) in [6.45, 7) is 7.22. The van der Waals surface area contributed by atoms with E-state index in [0.29, 0.717) is 30.2 Å². The summed E-state index contributed by atoms with van der Waals surface area (Å²) < 4.78 is 11.7. The molecule has 0 aromatic heterocycles. The van der Waals surface area contributed by atoms with Crippen LogP contribution in [0.4, 0.5) is 5.69 Å². The van der Waals surface area contributed by atoms with Gasteiger partial charge in [-0.1, -0.05) is 50.5 Å². The first-order chi connectivity index (χ1) is 14.6. The van der Waals surface area contributed by atoms with Gasteiger partial charge in [0.25, 0.3) is 5.91 Å². The number of ether oxygens (including phenoxy) is 2. The Hall–Kier alpha value is -3.08. The molecule has 0 fully saturated rings. The molecule has 0 aliphatic carbocycles. The van der Waals surface area contributed by atoms with Gasteiger partial charge in [0.05, 0.1) is 30.2 Å². The summed E-state index contributed by atoms with van der Waals surface area (Å²) in [6.07, 6.45) is 6.49. The lowest BCUT2D eigenvalue weighted by Gasteiger charge is -2.13. The second-order valence-corrected chi connectivity index (χ2v) is 7.24. The second-order valence-electron chi connectivity index (χ2n) is 7.24. The molecule has 3 rings (SSSR count). The summed E-state index contributed by atoms with van der Waals surface area (Å²) in [6, 6.07) is 15.2. The van der Waals surface area contributed by atoms with Crippen LogP contribution in [0.25, 0.3) is 6.08 Å². The van der Waals surface area contributed by atoms with Crippen LogP contribution in [0.15, 0.2) is 59.2 Å². The SMILES string of the molecule is CCCCCCOc1ccc(/C=C2\C(=O)N(c3ccccc3)N=C2C)cc1OCC. The van der Waals surface area contributed by atoms with Crippen LogP contribution in [0.3, 0.4) is 0 Å². The first kappa shape index (κ1) is 21.6. The Labute approximate surface area is 179 Å². The lowest BCUT2D eigenvalue weighted by atomic mass is 10.1. The summed E-state index contributed by atoms with van der Waals surface area (Å²) in [5, 5.41) is 5.88.